The van der Waals surface area contributed by atoms with E-state index in [0.717, 1.165) is 31.6 Å². The number of rotatable bonds is 1. The summed E-state index contributed by atoms with van der Waals surface area (Å²) in [4.78, 5) is 15.5. The van der Waals surface area contributed by atoms with Crippen LogP contribution in [-0.2, 0) is 30.6 Å². The highest BCUT2D eigenvalue weighted by Gasteiger charge is 2.29. The van der Waals surface area contributed by atoms with Crippen LogP contribution in [0.2, 0.25) is 0 Å². The monoisotopic (exact) mass is 206 g/mol. The zero-order valence-corrected chi connectivity index (χ0v) is 8.57. The lowest BCUT2D eigenvalue weighted by molar-refractivity contribution is -0.142. The third kappa shape index (κ3) is 1.28. The predicted octanol–water partition coefficient (Wildman–Crippen LogP) is 1.02. The lowest BCUT2D eigenvalue weighted by atomic mass is 9.98. The van der Waals surface area contributed by atoms with Crippen LogP contribution in [0.1, 0.15) is 30.1 Å². The lowest BCUT2D eigenvalue weighted by Crippen LogP contribution is -2.26. The molecule has 2 aliphatic rings. The van der Waals surface area contributed by atoms with Crippen molar-refractivity contribution in [3.8, 4) is 0 Å². The summed E-state index contributed by atoms with van der Waals surface area (Å²) < 4.78 is 2.25. The number of aromatic nitrogens is 2. The molecule has 0 fully saturated rings. The van der Waals surface area contributed by atoms with E-state index in [2.05, 4.69) is 9.55 Å². The van der Waals surface area contributed by atoms with Crippen molar-refractivity contribution in [2.75, 3.05) is 0 Å². The minimum atomic E-state index is -0.676. The van der Waals surface area contributed by atoms with Gasteiger partial charge >= 0.3 is 5.97 Å². The molecule has 1 unspecified atom stereocenters. The van der Waals surface area contributed by atoms with Gasteiger partial charge in [0.2, 0.25) is 0 Å². The summed E-state index contributed by atoms with van der Waals surface area (Å²) >= 11 is 0. The molecule has 0 bridgehead atoms. The summed E-state index contributed by atoms with van der Waals surface area (Å²) in [5.74, 6) is 0.0998. The van der Waals surface area contributed by atoms with E-state index in [-0.39, 0.29) is 5.92 Å². The lowest BCUT2D eigenvalue weighted by Gasteiger charge is -2.21. The molecule has 3 rings (SSSR count). The van der Waals surface area contributed by atoms with Crippen LogP contribution >= 0.6 is 0 Å². The first kappa shape index (κ1) is 8.95. The van der Waals surface area contributed by atoms with Gasteiger partial charge in [0.05, 0.1) is 11.6 Å². The van der Waals surface area contributed by atoms with Gasteiger partial charge in [-0.05, 0) is 25.7 Å². The van der Waals surface area contributed by atoms with Gasteiger partial charge in [-0.25, -0.2) is 4.98 Å². The summed E-state index contributed by atoms with van der Waals surface area (Å²) in [7, 11) is 0. The number of carboxylic acid groups (broad SMARTS) is 1. The van der Waals surface area contributed by atoms with E-state index >= 15 is 0 Å². The molecule has 2 heterocycles. The van der Waals surface area contributed by atoms with Gasteiger partial charge in [-0.3, -0.25) is 4.79 Å². The smallest absolute Gasteiger partial charge is 0.307 e. The van der Waals surface area contributed by atoms with Crippen LogP contribution in [0, 0.1) is 5.92 Å². The molecule has 0 saturated carbocycles. The van der Waals surface area contributed by atoms with Crippen LogP contribution in [0.25, 0.3) is 0 Å². The number of imidazole rings is 1. The second-order valence-electron chi connectivity index (χ2n) is 4.45. The minimum Gasteiger partial charge on any atom is -0.481 e. The van der Waals surface area contributed by atoms with E-state index in [1.807, 2.05) is 0 Å². The Morgan fingerprint density at radius 2 is 2.33 bits per heavy atom. The molecule has 0 spiro atoms. The number of fused-ring (bicyclic) bond motifs is 3. The first-order valence-electron chi connectivity index (χ1n) is 5.55. The third-order valence-electron chi connectivity index (χ3n) is 3.54. The zero-order chi connectivity index (χ0) is 10.4. The first-order chi connectivity index (χ1) is 7.25. The number of hydrogen-bond donors (Lipinski definition) is 1. The fourth-order valence-electron chi connectivity index (χ4n) is 2.73. The van der Waals surface area contributed by atoms with E-state index < -0.39 is 5.97 Å². The van der Waals surface area contributed by atoms with Gasteiger partial charge in [0.15, 0.2) is 0 Å². The molecule has 1 aliphatic carbocycles. The molecule has 0 amide bonds. The quantitative estimate of drug-likeness (QED) is 0.746. The number of hydrogen-bond acceptors (Lipinski definition) is 2. The van der Waals surface area contributed by atoms with Crippen molar-refractivity contribution in [1.29, 1.82) is 0 Å². The number of carbonyl (C=O) groups is 1. The van der Waals surface area contributed by atoms with Crippen molar-refractivity contribution in [2.24, 2.45) is 5.92 Å². The van der Waals surface area contributed by atoms with E-state index in [9.17, 15) is 4.79 Å². The maximum absolute atomic E-state index is 10.9. The molecule has 1 aromatic rings. The van der Waals surface area contributed by atoms with Gasteiger partial charge < -0.3 is 9.67 Å². The van der Waals surface area contributed by atoms with Gasteiger partial charge in [-0.1, -0.05) is 0 Å². The summed E-state index contributed by atoms with van der Waals surface area (Å²) in [6.07, 6.45) is 4.78. The predicted molar refractivity (Wildman–Crippen MR) is 53.7 cm³/mol. The number of carboxylic acids is 1. The van der Waals surface area contributed by atoms with E-state index in [1.54, 1.807) is 0 Å². The first-order valence-corrected chi connectivity index (χ1v) is 5.55. The summed E-state index contributed by atoms with van der Waals surface area (Å²) in [5, 5.41) is 8.97. The molecule has 4 nitrogen and oxygen atoms in total. The summed E-state index contributed by atoms with van der Waals surface area (Å²) in [6, 6.07) is 0. The molecule has 15 heavy (non-hydrogen) atoms. The molecule has 80 valence electrons. The van der Waals surface area contributed by atoms with Gasteiger partial charge in [0.25, 0.3) is 0 Å². The molecule has 4 heteroatoms. The molecule has 1 atom stereocenters. The Bertz CT molecular complexity index is 422. The largest absolute Gasteiger partial charge is 0.481 e. The van der Waals surface area contributed by atoms with Crippen molar-refractivity contribution in [1.82, 2.24) is 9.55 Å². The molecule has 1 N–H and O–H groups in total. The third-order valence-corrected chi connectivity index (χ3v) is 3.54. The highest BCUT2D eigenvalue weighted by atomic mass is 16.4. The second-order valence-corrected chi connectivity index (χ2v) is 4.45. The molecule has 0 radical (unpaired) electrons. The van der Waals surface area contributed by atoms with Crippen LogP contribution in [0.4, 0.5) is 0 Å². The molecule has 0 aromatic carbocycles. The molecule has 1 aromatic heterocycles. The fourth-order valence-corrected chi connectivity index (χ4v) is 2.73. The standard InChI is InChI=1S/C11H14N2O2/c14-11(15)7-4-5-13-9-3-1-2-8(9)12-10(13)6-7/h7H,1-6H2,(H,14,15). The highest BCUT2D eigenvalue weighted by molar-refractivity contribution is 5.70. The number of aliphatic carboxylic acids is 1. The van der Waals surface area contributed by atoms with Crippen molar-refractivity contribution >= 4 is 5.97 Å². The summed E-state index contributed by atoms with van der Waals surface area (Å²) in [6.45, 7) is 0.842. The highest BCUT2D eigenvalue weighted by Crippen LogP contribution is 2.28. The summed E-state index contributed by atoms with van der Waals surface area (Å²) in [5.41, 5.74) is 2.59. The average molecular weight is 206 g/mol. The average Bonchev–Trinajstić information content (AvgIpc) is 2.75. The Morgan fingerprint density at radius 3 is 3.13 bits per heavy atom. The minimum absolute atomic E-state index is 0.222. The van der Waals surface area contributed by atoms with Crippen molar-refractivity contribution in [2.45, 2.75) is 38.6 Å². The van der Waals surface area contributed by atoms with Gasteiger partial charge in [-0.15, -0.1) is 0 Å². The molecule has 1 aliphatic heterocycles. The van der Waals surface area contributed by atoms with E-state index in [0.29, 0.717) is 6.42 Å². The van der Waals surface area contributed by atoms with Crippen molar-refractivity contribution in [3.05, 3.63) is 17.2 Å². The number of aryl methyl sites for hydroxylation is 1. The Hall–Kier alpha value is -1.32. The zero-order valence-electron chi connectivity index (χ0n) is 8.57. The Morgan fingerprint density at radius 1 is 1.47 bits per heavy atom. The maximum Gasteiger partial charge on any atom is 0.307 e. The molecule has 0 saturated heterocycles. The fraction of sp³-hybridized carbons (Fsp3) is 0.636. The van der Waals surface area contributed by atoms with Crippen molar-refractivity contribution < 1.29 is 9.90 Å². The van der Waals surface area contributed by atoms with Gasteiger partial charge in [0, 0.05) is 18.7 Å². The second kappa shape index (κ2) is 3.08. The van der Waals surface area contributed by atoms with Gasteiger partial charge in [0.1, 0.15) is 5.82 Å². The van der Waals surface area contributed by atoms with Crippen molar-refractivity contribution in [3.63, 3.8) is 0 Å². The number of nitrogens with zero attached hydrogens (tertiary/aromatic N) is 2. The SMILES string of the molecule is O=C(O)C1CCn2c(nc3c2CCC3)C1. The van der Waals surface area contributed by atoms with Crippen LogP contribution in [0.5, 0.6) is 0 Å². The Balaban J connectivity index is 1.95. The normalized spacial score (nSPS) is 23.6. The molecular formula is C11H14N2O2. The van der Waals surface area contributed by atoms with Crippen LogP contribution < -0.4 is 0 Å². The Kier molecular flexibility index (Phi) is 1.84. The van der Waals surface area contributed by atoms with E-state index in [1.165, 1.54) is 17.8 Å². The van der Waals surface area contributed by atoms with E-state index in [4.69, 9.17) is 5.11 Å². The van der Waals surface area contributed by atoms with Crippen LogP contribution in [-0.4, -0.2) is 20.6 Å². The van der Waals surface area contributed by atoms with Gasteiger partial charge in [-0.2, -0.15) is 0 Å². The van der Waals surface area contributed by atoms with Crippen LogP contribution in [0.3, 0.4) is 0 Å². The molecular weight excluding hydrogens is 192 g/mol. The topological polar surface area (TPSA) is 55.1 Å². The Labute approximate surface area is 87.9 Å². The maximum atomic E-state index is 10.9. The van der Waals surface area contributed by atoms with Crippen LogP contribution in [0.15, 0.2) is 0 Å².